The van der Waals surface area contributed by atoms with Gasteiger partial charge in [-0.15, -0.1) is 0 Å². The first kappa shape index (κ1) is 16.6. The summed E-state index contributed by atoms with van der Waals surface area (Å²) in [4.78, 5) is 22.9. The molecular formula is C17H18O6. The van der Waals surface area contributed by atoms with E-state index in [2.05, 4.69) is 0 Å². The molecule has 0 saturated carbocycles. The Morgan fingerprint density at radius 2 is 2.13 bits per heavy atom. The Labute approximate surface area is 132 Å². The van der Waals surface area contributed by atoms with Crippen LogP contribution in [0.2, 0.25) is 0 Å². The van der Waals surface area contributed by atoms with E-state index in [-0.39, 0.29) is 16.7 Å². The average Bonchev–Trinajstić information content (AvgIpc) is 2.51. The minimum Gasteiger partial charge on any atom is -0.499 e. The molecule has 0 radical (unpaired) electrons. The Kier molecular flexibility index (Phi) is 5.41. The number of fused-ring (bicyclic) bond motifs is 1. The third kappa shape index (κ3) is 3.91. The van der Waals surface area contributed by atoms with Crippen LogP contribution in [0.15, 0.2) is 39.6 Å². The van der Waals surface area contributed by atoms with E-state index >= 15 is 0 Å². The molecule has 1 aromatic carbocycles. The summed E-state index contributed by atoms with van der Waals surface area (Å²) in [5.74, 6) is -1.30. The fourth-order valence-corrected chi connectivity index (χ4v) is 2.06. The summed E-state index contributed by atoms with van der Waals surface area (Å²) >= 11 is 0. The summed E-state index contributed by atoms with van der Waals surface area (Å²) in [6.07, 6.45) is 5.68. The van der Waals surface area contributed by atoms with E-state index in [1.807, 2.05) is 19.1 Å². The second-order valence-corrected chi connectivity index (χ2v) is 4.81. The largest absolute Gasteiger partial charge is 0.499 e. The second-order valence-electron chi connectivity index (χ2n) is 4.81. The lowest BCUT2D eigenvalue weighted by molar-refractivity contribution is -0.131. The van der Waals surface area contributed by atoms with Gasteiger partial charge in [-0.2, -0.15) is 0 Å². The van der Waals surface area contributed by atoms with Crippen molar-refractivity contribution in [1.29, 1.82) is 0 Å². The Morgan fingerprint density at radius 3 is 2.83 bits per heavy atom. The number of benzene rings is 1. The van der Waals surface area contributed by atoms with Gasteiger partial charge in [-0.25, -0.2) is 4.79 Å². The Bertz CT molecular complexity index is 788. The lowest BCUT2D eigenvalue weighted by atomic mass is 10.2. The summed E-state index contributed by atoms with van der Waals surface area (Å²) in [5, 5.41) is 10.1. The summed E-state index contributed by atoms with van der Waals surface area (Å²) in [6.45, 7) is 3.62. The molecule has 2 aromatic rings. The molecule has 0 amide bonds. The Hall–Kier alpha value is -2.76. The first-order valence-electron chi connectivity index (χ1n) is 7.29. The summed E-state index contributed by atoms with van der Waals surface area (Å²) in [6, 6.07) is 4.84. The van der Waals surface area contributed by atoms with E-state index in [1.54, 1.807) is 12.1 Å². The summed E-state index contributed by atoms with van der Waals surface area (Å²) in [5.41, 5.74) is -0.803. The first-order valence-corrected chi connectivity index (χ1v) is 7.29. The fourth-order valence-electron chi connectivity index (χ4n) is 2.06. The van der Waals surface area contributed by atoms with Crippen LogP contribution in [-0.4, -0.2) is 17.7 Å². The maximum absolute atomic E-state index is 11.6. The number of carbonyl (C=O) groups is 1. The average molecular weight is 318 g/mol. The predicted molar refractivity (Wildman–Crippen MR) is 85.0 cm³/mol. The van der Waals surface area contributed by atoms with Gasteiger partial charge in [0, 0.05) is 6.92 Å². The van der Waals surface area contributed by atoms with Crippen LogP contribution in [0.1, 0.15) is 26.7 Å². The van der Waals surface area contributed by atoms with Crippen LogP contribution in [0, 0.1) is 0 Å². The van der Waals surface area contributed by atoms with Gasteiger partial charge >= 0.3 is 11.6 Å². The van der Waals surface area contributed by atoms with Gasteiger partial charge in [0.25, 0.3) is 0 Å². The summed E-state index contributed by atoms with van der Waals surface area (Å²) in [7, 11) is 0. The number of aromatic hydroxyl groups is 1. The maximum Gasteiger partial charge on any atom is 0.382 e. The zero-order valence-corrected chi connectivity index (χ0v) is 13.0. The van der Waals surface area contributed by atoms with Crippen molar-refractivity contribution in [1.82, 2.24) is 0 Å². The zero-order valence-electron chi connectivity index (χ0n) is 13.0. The molecule has 0 aliphatic heterocycles. The number of ether oxygens (including phenoxy) is 2. The molecule has 0 saturated heterocycles. The topological polar surface area (TPSA) is 86.0 Å². The molecular weight excluding hydrogens is 300 g/mol. The van der Waals surface area contributed by atoms with Gasteiger partial charge in [-0.05, 0) is 25.0 Å². The van der Waals surface area contributed by atoms with Crippen LogP contribution in [0.3, 0.4) is 0 Å². The number of hydrogen-bond donors (Lipinski definition) is 1. The van der Waals surface area contributed by atoms with Crippen molar-refractivity contribution in [2.45, 2.75) is 26.7 Å². The molecule has 122 valence electrons. The fraction of sp³-hybridized carbons (Fsp3) is 0.294. The highest BCUT2D eigenvalue weighted by molar-refractivity contribution is 5.93. The molecule has 0 aliphatic rings. The van der Waals surface area contributed by atoms with Crippen molar-refractivity contribution in [3.05, 3.63) is 40.8 Å². The van der Waals surface area contributed by atoms with Crippen LogP contribution < -0.4 is 15.1 Å². The number of esters is 1. The van der Waals surface area contributed by atoms with Gasteiger partial charge in [-0.3, -0.25) is 4.79 Å². The van der Waals surface area contributed by atoms with Crippen molar-refractivity contribution < 1.29 is 23.8 Å². The molecule has 0 atom stereocenters. The molecule has 6 nitrogen and oxygen atoms in total. The van der Waals surface area contributed by atoms with Crippen molar-refractivity contribution in [2.75, 3.05) is 6.61 Å². The van der Waals surface area contributed by atoms with E-state index in [0.717, 1.165) is 6.42 Å². The third-order valence-electron chi connectivity index (χ3n) is 3.02. The van der Waals surface area contributed by atoms with E-state index < -0.39 is 17.3 Å². The molecule has 0 bridgehead atoms. The first-order chi connectivity index (χ1) is 11.0. The minimum absolute atomic E-state index is 0.172. The molecule has 23 heavy (non-hydrogen) atoms. The highest BCUT2D eigenvalue weighted by Crippen LogP contribution is 2.38. The van der Waals surface area contributed by atoms with Gasteiger partial charge in [0.15, 0.2) is 5.75 Å². The molecule has 0 spiro atoms. The maximum atomic E-state index is 11.6. The third-order valence-corrected chi connectivity index (χ3v) is 3.02. The van der Waals surface area contributed by atoms with Gasteiger partial charge in [0.1, 0.15) is 16.7 Å². The molecule has 1 N–H and O–H groups in total. The van der Waals surface area contributed by atoms with Crippen molar-refractivity contribution >= 4 is 16.9 Å². The number of hydrogen-bond acceptors (Lipinski definition) is 6. The standard InChI is InChI=1S/C17H18O6/c1-3-4-5-6-10-21-12-8-7-9-13-14(12)16(22-11(2)18)15(19)17(20)23-13/h4-5,7-9,19H,3,6,10H2,1-2H3. The number of allylic oxidation sites excluding steroid dienone is 1. The SMILES string of the molecule is CCC=CCCOc1cccc2oc(=O)c(O)c(OC(C)=O)c12. The lowest BCUT2D eigenvalue weighted by Gasteiger charge is -2.11. The van der Waals surface area contributed by atoms with Crippen molar-refractivity contribution in [2.24, 2.45) is 0 Å². The van der Waals surface area contributed by atoms with Crippen LogP contribution in [0.4, 0.5) is 0 Å². The Balaban J connectivity index is 2.44. The second kappa shape index (κ2) is 7.49. The quantitative estimate of drug-likeness (QED) is 0.381. The summed E-state index contributed by atoms with van der Waals surface area (Å²) < 4.78 is 15.7. The van der Waals surface area contributed by atoms with Crippen LogP contribution in [0.5, 0.6) is 17.2 Å². The van der Waals surface area contributed by atoms with E-state index in [9.17, 15) is 14.7 Å². The molecule has 1 heterocycles. The molecule has 0 fully saturated rings. The highest BCUT2D eigenvalue weighted by atomic mass is 16.5. The normalized spacial score (nSPS) is 11.0. The molecule has 0 aliphatic carbocycles. The smallest absolute Gasteiger partial charge is 0.382 e. The molecule has 0 unspecified atom stereocenters. The van der Waals surface area contributed by atoms with Gasteiger partial charge in [0.2, 0.25) is 5.75 Å². The van der Waals surface area contributed by atoms with Gasteiger partial charge in [-0.1, -0.05) is 25.1 Å². The van der Waals surface area contributed by atoms with Crippen LogP contribution in [-0.2, 0) is 4.79 Å². The van der Waals surface area contributed by atoms with E-state index in [0.29, 0.717) is 18.8 Å². The minimum atomic E-state index is -0.975. The molecule has 1 aromatic heterocycles. The monoisotopic (exact) mass is 318 g/mol. The molecule has 2 rings (SSSR count). The number of rotatable bonds is 6. The number of carbonyl (C=O) groups excluding carboxylic acids is 1. The zero-order chi connectivity index (χ0) is 16.8. The van der Waals surface area contributed by atoms with Gasteiger partial charge in [0.05, 0.1) is 6.61 Å². The predicted octanol–water partition coefficient (Wildman–Crippen LogP) is 3.16. The van der Waals surface area contributed by atoms with Crippen molar-refractivity contribution in [3.63, 3.8) is 0 Å². The lowest BCUT2D eigenvalue weighted by Crippen LogP contribution is -2.08. The van der Waals surface area contributed by atoms with Crippen LogP contribution >= 0.6 is 0 Å². The van der Waals surface area contributed by atoms with E-state index in [1.165, 1.54) is 13.0 Å². The molecule has 6 heteroatoms. The van der Waals surface area contributed by atoms with Crippen molar-refractivity contribution in [3.8, 4) is 17.2 Å². The highest BCUT2D eigenvalue weighted by Gasteiger charge is 2.20. The van der Waals surface area contributed by atoms with E-state index in [4.69, 9.17) is 13.9 Å². The Morgan fingerprint density at radius 1 is 1.35 bits per heavy atom. The van der Waals surface area contributed by atoms with Gasteiger partial charge < -0.3 is 19.0 Å². The van der Waals surface area contributed by atoms with Crippen LogP contribution in [0.25, 0.3) is 11.0 Å².